The van der Waals surface area contributed by atoms with E-state index in [1.54, 1.807) is 19.3 Å². The molecule has 11 heteroatoms. The van der Waals surface area contributed by atoms with Crippen LogP contribution in [0.4, 0.5) is 5.69 Å². The van der Waals surface area contributed by atoms with E-state index >= 15 is 0 Å². The Kier molecular flexibility index (Phi) is 4.81. The van der Waals surface area contributed by atoms with Gasteiger partial charge in [0.25, 0.3) is 11.5 Å². The Balaban J connectivity index is 1.25. The maximum atomic E-state index is 12.6. The second-order valence-corrected chi connectivity index (χ2v) is 7.99. The van der Waals surface area contributed by atoms with Gasteiger partial charge in [0.1, 0.15) is 17.0 Å². The van der Waals surface area contributed by atoms with Crippen molar-refractivity contribution < 1.29 is 4.79 Å². The molecule has 4 heterocycles. The van der Waals surface area contributed by atoms with Crippen LogP contribution in [0.15, 0.2) is 27.9 Å². The van der Waals surface area contributed by atoms with Gasteiger partial charge in [0, 0.05) is 39.3 Å². The highest BCUT2D eigenvalue weighted by Crippen LogP contribution is 2.32. The number of nitrogens with one attached hydrogen (secondary N) is 3. The minimum atomic E-state index is -0.386. The molecular formula is C20H24N8O3. The van der Waals surface area contributed by atoms with Gasteiger partial charge in [0.15, 0.2) is 5.65 Å². The quantitative estimate of drug-likeness (QED) is 0.518. The van der Waals surface area contributed by atoms with Gasteiger partial charge < -0.3 is 15.2 Å². The molecule has 3 aromatic heterocycles. The molecule has 162 valence electrons. The number of anilines is 1. The van der Waals surface area contributed by atoms with Crippen LogP contribution in [0.25, 0.3) is 11.2 Å². The number of nitrogens with zero attached hydrogens (tertiary/aromatic N) is 5. The summed E-state index contributed by atoms with van der Waals surface area (Å²) in [5.41, 5.74) is 1.38. The van der Waals surface area contributed by atoms with Crippen LogP contribution < -0.4 is 21.5 Å². The van der Waals surface area contributed by atoms with Crippen molar-refractivity contribution >= 4 is 22.8 Å². The number of hydrogen-bond donors (Lipinski definition) is 3. The van der Waals surface area contributed by atoms with Crippen LogP contribution in [0.2, 0.25) is 0 Å². The zero-order valence-electron chi connectivity index (χ0n) is 17.2. The fourth-order valence-electron chi connectivity index (χ4n) is 3.99. The maximum Gasteiger partial charge on any atom is 0.330 e. The number of fused-ring (bicyclic) bond motifs is 1. The summed E-state index contributed by atoms with van der Waals surface area (Å²) in [7, 11) is 1.58. The summed E-state index contributed by atoms with van der Waals surface area (Å²) in [5, 5.41) is 2.57. The third-order valence-corrected chi connectivity index (χ3v) is 5.86. The fraction of sp³-hybridized carbons (Fsp3) is 0.450. The van der Waals surface area contributed by atoms with Crippen LogP contribution in [0, 0.1) is 0 Å². The van der Waals surface area contributed by atoms with Gasteiger partial charge in [0.05, 0.1) is 18.4 Å². The molecule has 3 N–H and O–H groups in total. The zero-order valence-corrected chi connectivity index (χ0v) is 17.2. The Morgan fingerprint density at radius 3 is 2.58 bits per heavy atom. The maximum absolute atomic E-state index is 12.6. The first-order chi connectivity index (χ1) is 15.0. The lowest BCUT2D eigenvalue weighted by Crippen LogP contribution is -2.46. The highest BCUT2D eigenvalue weighted by molar-refractivity contribution is 5.92. The average molecular weight is 424 g/mol. The van der Waals surface area contributed by atoms with Crippen molar-refractivity contribution in [1.82, 2.24) is 34.7 Å². The van der Waals surface area contributed by atoms with Crippen LogP contribution in [0.1, 0.15) is 35.2 Å². The molecule has 1 amide bonds. The van der Waals surface area contributed by atoms with E-state index < -0.39 is 0 Å². The largest absolute Gasteiger partial charge is 0.368 e. The third-order valence-electron chi connectivity index (χ3n) is 5.86. The lowest BCUT2D eigenvalue weighted by molar-refractivity contribution is 0.0958. The lowest BCUT2D eigenvalue weighted by atomic mass is 10.2. The minimum Gasteiger partial charge on any atom is -0.368 e. The summed E-state index contributed by atoms with van der Waals surface area (Å²) in [4.78, 5) is 55.4. The standard InChI is InChI=1S/C20H24N8O3/c1-21-18(29)14-5-4-13(10-22-14)27-8-6-26(7-9-27)11-15-23-16-17(24-15)25-20(31)28(19(16)30)12-2-3-12/h4-5,10,12H,2-3,6-9,11H2,1H3,(H,21,29)(H,23,24)(H,25,31). The molecule has 0 radical (unpaired) electrons. The molecule has 0 bridgehead atoms. The smallest absolute Gasteiger partial charge is 0.330 e. The Labute approximate surface area is 177 Å². The summed E-state index contributed by atoms with van der Waals surface area (Å²) in [6.45, 7) is 3.83. The van der Waals surface area contributed by atoms with Crippen LogP contribution in [0.3, 0.4) is 0 Å². The molecule has 1 saturated heterocycles. The SMILES string of the molecule is CNC(=O)c1ccc(N2CCN(Cc3nc4[nH]c(=O)n(C5CC5)c(=O)c4[nH]3)CC2)cn1. The molecule has 1 aliphatic heterocycles. The first-order valence-electron chi connectivity index (χ1n) is 10.4. The van der Waals surface area contributed by atoms with Crippen LogP contribution in [-0.4, -0.2) is 68.5 Å². The molecule has 2 fully saturated rings. The van der Waals surface area contributed by atoms with E-state index in [1.165, 1.54) is 4.57 Å². The van der Waals surface area contributed by atoms with Gasteiger partial charge in [-0.1, -0.05) is 0 Å². The van der Waals surface area contributed by atoms with Gasteiger partial charge in [0.2, 0.25) is 0 Å². The number of amides is 1. The van der Waals surface area contributed by atoms with E-state index in [0.29, 0.717) is 29.2 Å². The second kappa shape index (κ2) is 7.65. The van der Waals surface area contributed by atoms with Gasteiger partial charge in [-0.2, -0.15) is 0 Å². The molecule has 31 heavy (non-hydrogen) atoms. The average Bonchev–Trinajstić information content (AvgIpc) is 3.53. The van der Waals surface area contributed by atoms with Gasteiger partial charge in [-0.05, 0) is 25.0 Å². The molecule has 1 aliphatic carbocycles. The van der Waals surface area contributed by atoms with E-state index in [0.717, 1.165) is 44.7 Å². The number of hydrogen-bond acceptors (Lipinski definition) is 7. The van der Waals surface area contributed by atoms with E-state index in [1.807, 2.05) is 6.07 Å². The third kappa shape index (κ3) is 3.72. The predicted octanol–water partition coefficient (Wildman–Crippen LogP) is -0.175. The Bertz CT molecular complexity index is 1230. The number of H-pyrrole nitrogens is 2. The normalized spacial score (nSPS) is 17.3. The highest BCUT2D eigenvalue weighted by atomic mass is 16.2. The molecule has 5 rings (SSSR count). The van der Waals surface area contributed by atoms with Crippen molar-refractivity contribution in [2.24, 2.45) is 0 Å². The highest BCUT2D eigenvalue weighted by Gasteiger charge is 2.28. The van der Waals surface area contributed by atoms with Crippen molar-refractivity contribution in [1.29, 1.82) is 0 Å². The number of pyridine rings is 1. The van der Waals surface area contributed by atoms with Gasteiger partial charge in [-0.25, -0.2) is 14.8 Å². The number of aromatic nitrogens is 5. The summed E-state index contributed by atoms with van der Waals surface area (Å²) >= 11 is 0. The second-order valence-electron chi connectivity index (χ2n) is 7.99. The molecule has 11 nitrogen and oxygen atoms in total. The molecule has 2 aliphatic rings. The predicted molar refractivity (Wildman–Crippen MR) is 114 cm³/mol. The van der Waals surface area contributed by atoms with Crippen molar-refractivity contribution in [3.63, 3.8) is 0 Å². The van der Waals surface area contributed by atoms with Crippen LogP contribution >= 0.6 is 0 Å². The Morgan fingerprint density at radius 2 is 1.94 bits per heavy atom. The molecule has 0 atom stereocenters. The number of imidazole rings is 1. The van der Waals surface area contributed by atoms with Gasteiger partial charge in [-0.15, -0.1) is 0 Å². The topological polar surface area (TPSA) is 132 Å². The summed E-state index contributed by atoms with van der Waals surface area (Å²) < 4.78 is 1.30. The van der Waals surface area contributed by atoms with Gasteiger partial charge >= 0.3 is 5.69 Å². The first-order valence-corrected chi connectivity index (χ1v) is 10.4. The molecule has 0 aromatic carbocycles. The summed E-state index contributed by atoms with van der Waals surface area (Å²) in [6.07, 6.45) is 3.45. The van der Waals surface area contributed by atoms with E-state index in [4.69, 9.17) is 0 Å². The molecule has 1 saturated carbocycles. The Hall–Kier alpha value is -3.47. The van der Waals surface area contributed by atoms with Crippen molar-refractivity contribution in [2.45, 2.75) is 25.4 Å². The van der Waals surface area contributed by atoms with E-state index in [-0.39, 0.29) is 23.2 Å². The van der Waals surface area contributed by atoms with E-state index in [2.05, 4.69) is 35.1 Å². The molecular weight excluding hydrogens is 400 g/mol. The number of carbonyl (C=O) groups is 1. The summed E-state index contributed by atoms with van der Waals surface area (Å²) in [5.74, 6) is 0.466. The fourth-order valence-corrected chi connectivity index (χ4v) is 3.99. The summed E-state index contributed by atoms with van der Waals surface area (Å²) in [6, 6.07) is 3.65. The van der Waals surface area contributed by atoms with Crippen molar-refractivity contribution in [3.05, 3.63) is 50.7 Å². The monoisotopic (exact) mass is 424 g/mol. The Morgan fingerprint density at radius 1 is 1.16 bits per heavy atom. The van der Waals surface area contributed by atoms with Crippen molar-refractivity contribution in [3.8, 4) is 0 Å². The first kappa shape index (κ1) is 19.5. The molecule has 0 unspecified atom stereocenters. The molecule has 3 aromatic rings. The van der Waals surface area contributed by atoms with E-state index in [9.17, 15) is 14.4 Å². The number of rotatable bonds is 5. The molecule has 0 spiro atoms. The number of aromatic amines is 2. The lowest BCUT2D eigenvalue weighted by Gasteiger charge is -2.35. The van der Waals surface area contributed by atoms with Crippen molar-refractivity contribution in [2.75, 3.05) is 38.1 Å². The zero-order chi connectivity index (χ0) is 21.5. The van der Waals surface area contributed by atoms with Crippen LogP contribution in [-0.2, 0) is 6.54 Å². The van der Waals surface area contributed by atoms with Gasteiger partial charge in [-0.3, -0.25) is 24.0 Å². The van der Waals surface area contributed by atoms with Crippen LogP contribution in [0.5, 0.6) is 0 Å². The minimum absolute atomic E-state index is 0.0142. The number of carbonyl (C=O) groups excluding carboxylic acids is 1. The number of piperazine rings is 1.